The summed E-state index contributed by atoms with van der Waals surface area (Å²) < 4.78 is 28.9. The molecular formula is C25H21N3O6S. The van der Waals surface area contributed by atoms with Gasteiger partial charge < -0.3 is 9.84 Å². The summed E-state index contributed by atoms with van der Waals surface area (Å²) in [5, 5.41) is 16.5. The fraction of sp³-hybridized carbons (Fsp3) is 0.160. The number of nitrogens with two attached hydrogens (primary N) is 1. The van der Waals surface area contributed by atoms with E-state index in [1.165, 1.54) is 41.6 Å². The molecule has 1 aromatic heterocycles. The molecular weight excluding hydrogens is 470 g/mol. The first-order valence-electron chi connectivity index (χ1n) is 10.9. The predicted molar refractivity (Wildman–Crippen MR) is 127 cm³/mol. The molecule has 0 bridgehead atoms. The van der Waals surface area contributed by atoms with Crippen LogP contribution in [0, 0.1) is 0 Å². The van der Waals surface area contributed by atoms with Crippen LogP contribution in [0.4, 0.5) is 5.69 Å². The number of ketones is 1. The molecule has 2 aliphatic heterocycles. The number of aromatic nitrogens is 1. The van der Waals surface area contributed by atoms with E-state index in [4.69, 9.17) is 9.88 Å². The highest BCUT2D eigenvalue weighted by Gasteiger charge is 2.47. The highest BCUT2D eigenvalue weighted by Crippen LogP contribution is 2.42. The number of primary sulfonamides is 1. The quantitative estimate of drug-likeness (QED) is 0.325. The molecule has 0 saturated carbocycles. The van der Waals surface area contributed by atoms with Gasteiger partial charge in [0.05, 0.1) is 23.1 Å². The molecule has 0 aliphatic carbocycles. The van der Waals surface area contributed by atoms with Gasteiger partial charge in [0.2, 0.25) is 10.0 Å². The molecule has 1 atom stereocenters. The molecule has 178 valence electrons. The van der Waals surface area contributed by atoms with E-state index in [1.807, 2.05) is 0 Å². The summed E-state index contributed by atoms with van der Waals surface area (Å²) >= 11 is 0. The number of sulfonamides is 1. The standard InChI is InChI=1S/C25H21N3O6S/c26-35(32,33)19-6-4-18(5-7-19)28-22(15-9-11-27-12-10-15)21(24(30)25(28)31)23(29)17-3-8-20-16(14-17)2-1-13-34-20/h3-12,14,22,29H,1-2,13H2,(H2,26,32,33)/b23-21-. The Morgan fingerprint density at radius 2 is 1.77 bits per heavy atom. The summed E-state index contributed by atoms with van der Waals surface area (Å²) in [6.07, 6.45) is 4.66. The molecule has 1 fully saturated rings. The molecule has 3 heterocycles. The molecule has 1 unspecified atom stereocenters. The van der Waals surface area contributed by atoms with Crippen molar-refractivity contribution < 1.29 is 27.9 Å². The average molecular weight is 492 g/mol. The fourth-order valence-corrected chi connectivity index (χ4v) is 4.94. The first-order valence-corrected chi connectivity index (χ1v) is 12.4. The van der Waals surface area contributed by atoms with E-state index >= 15 is 0 Å². The molecule has 10 heteroatoms. The molecule has 0 radical (unpaired) electrons. The van der Waals surface area contributed by atoms with Crippen molar-refractivity contribution in [2.75, 3.05) is 11.5 Å². The third-order valence-electron chi connectivity index (χ3n) is 6.09. The fourth-order valence-electron chi connectivity index (χ4n) is 4.42. The summed E-state index contributed by atoms with van der Waals surface area (Å²) in [6.45, 7) is 0.621. The number of carbonyl (C=O) groups excluding carboxylic acids is 2. The topological polar surface area (TPSA) is 140 Å². The Morgan fingerprint density at radius 3 is 2.46 bits per heavy atom. The van der Waals surface area contributed by atoms with Gasteiger partial charge in [-0.05, 0) is 78.6 Å². The number of ether oxygens (including phenoxy) is 1. The number of hydrogen-bond acceptors (Lipinski definition) is 7. The summed E-state index contributed by atoms with van der Waals surface area (Å²) in [6, 6.07) is 12.8. The number of hydrogen-bond donors (Lipinski definition) is 2. The number of aryl methyl sites for hydroxylation is 1. The number of aliphatic hydroxyl groups excluding tert-OH is 1. The monoisotopic (exact) mass is 491 g/mol. The number of anilines is 1. The van der Waals surface area contributed by atoms with Crippen LogP contribution in [0.1, 0.15) is 29.2 Å². The zero-order valence-electron chi connectivity index (χ0n) is 18.4. The lowest BCUT2D eigenvalue weighted by molar-refractivity contribution is -0.132. The van der Waals surface area contributed by atoms with E-state index in [1.54, 1.807) is 30.3 Å². The van der Waals surface area contributed by atoms with Gasteiger partial charge in [0.1, 0.15) is 11.5 Å². The van der Waals surface area contributed by atoms with Gasteiger partial charge in [-0.2, -0.15) is 0 Å². The summed E-state index contributed by atoms with van der Waals surface area (Å²) in [7, 11) is -3.94. The minimum atomic E-state index is -3.94. The van der Waals surface area contributed by atoms with E-state index in [0.717, 1.165) is 24.2 Å². The van der Waals surface area contributed by atoms with Gasteiger partial charge in [0.25, 0.3) is 11.7 Å². The van der Waals surface area contributed by atoms with Crippen molar-refractivity contribution in [1.82, 2.24) is 4.98 Å². The van der Waals surface area contributed by atoms with Gasteiger partial charge in [-0.25, -0.2) is 13.6 Å². The molecule has 1 amide bonds. The predicted octanol–water partition coefficient (Wildman–Crippen LogP) is 2.68. The zero-order valence-corrected chi connectivity index (χ0v) is 19.2. The number of Topliss-reactive ketones (excluding diaryl/α,β-unsaturated/α-hetero) is 1. The van der Waals surface area contributed by atoms with E-state index in [9.17, 15) is 23.1 Å². The van der Waals surface area contributed by atoms with Crippen LogP contribution >= 0.6 is 0 Å². The van der Waals surface area contributed by atoms with Crippen molar-refractivity contribution in [3.8, 4) is 5.75 Å². The minimum Gasteiger partial charge on any atom is -0.507 e. The molecule has 9 nitrogen and oxygen atoms in total. The molecule has 0 spiro atoms. The van der Waals surface area contributed by atoms with E-state index in [-0.39, 0.29) is 21.9 Å². The number of fused-ring (bicyclic) bond motifs is 1. The number of rotatable bonds is 4. The SMILES string of the molecule is NS(=O)(=O)c1ccc(N2C(=O)C(=O)/C(=C(\O)c3ccc4c(c3)CCCO4)C2c2ccncc2)cc1. The maximum Gasteiger partial charge on any atom is 0.300 e. The molecule has 2 aliphatic rings. The summed E-state index contributed by atoms with van der Waals surface area (Å²) in [5.74, 6) is -1.28. The lowest BCUT2D eigenvalue weighted by Gasteiger charge is -2.25. The van der Waals surface area contributed by atoms with Gasteiger partial charge in [0.15, 0.2) is 0 Å². The second-order valence-corrected chi connectivity index (χ2v) is 9.82. The number of carbonyl (C=O) groups is 2. The van der Waals surface area contributed by atoms with Gasteiger partial charge in [0, 0.05) is 23.6 Å². The second-order valence-electron chi connectivity index (χ2n) is 8.26. The Balaban J connectivity index is 1.66. The molecule has 3 aromatic rings. The van der Waals surface area contributed by atoms with Crippen LogP contribution in [0.25, 0.3) is 5.76 Å². The lowest BCUT2D eigenvalue weighted by atomic mass is 9.94. The normalized spacial score (nSPS) is 19.3. The number of benzene rings is 2. The number of pyridine rings is 1. The summed E-state index contributed by atoms with van der Waals surface area (Å²) in [5.41, 5.74) is 2.06. The second kappa shape index (κ2) is 8.64. The number of aliphatic hydroxyl groups is 1. The maximum absolute atomic E-state index is 13.2. The van der Waals surface area contributed by atoms with Crippen molar-refractivity contribution in [2.24, 2.45) is 5.14 Å². The van der Waals surface area contributed by atoms with Crippen molar-refractivity contribution in [3.63, 3.8) is 0 Å². The number of amides is 1. The van der Waals surface area contributed by atoms with Crippen LogP contribution in [0.2, 0.25) is 0 Å². The van der Waals surface area contributed by atoms with Crippen LogP contribution in [-0.4, -0.2) is 36.8 Å². The lowest BCUT2D eigenvalue weighted by Crippen LogP contribution is -2.29. The number of nitrogens with zero attached hydrogens (tertiary/aromatic N) is 2. The Hall–Kier alpha value is -4.02. The van der Waals surface area contributed by atoms with Crippen LogP contribution in [0.5, 0.6) is 5.75 Å². The third-order valence-corrected chi connectivity index (χ3v) is 7.02. The molecule has 35 heavy (non-hydrogen) atoms. The van der Waals surface area contributed by atoms with Gasteiger partial charge in [-0.15, -0.1) is 0 Å². The molecule has 2 aromatic carbocycles. The average Bonchev–Trinajstić information content (AvgIpc) is 3.13. The molecule has 1 saturated heterocycles. The first kappa shape index (κ1) is 22.8. The van der Waals surface area contributed by atoms with Crippen molar-refractivity contribution in [1.29, 1.82) is 0 Å². The van der Waals surface area contributed by atoms with Gasteiger partial charge in [-0.3, -0.25) is 19.5 Å². The van der Waals surface area contributed by atoms with E-state index in [2.05, 4.69) is 4.98 Å². The Kier molecular flexibility index (Phi) is 5.62. The van der Waals surface area contributed by atoms with Crippen molar-refractivity contribution >= 4 is 33.2 Å². The smallest absolute Gasteiger partial charge is 0.300 e. The first-order chi connectivity index (χ1) is 16.8. The van der Waals surface area contributed by atoms with Crippen molar-refractivity contribution in [2.45, 2.75) is 23.8 Å². The van der Waals surface area contributed by atoms with Crippen LogP contribution in [0.15, 0.2) is 77.5 Å². The Bertz CT molecular complexity index is 1470. The highest BCUT2D eigenvalue weighted by atomic mass is 32.2. The van der Waals surface area contributed by atoms with E-state index in [0.29, 0.717) is 17.7 Å². The Morgan fingerprint density at radius 1 is 1.06 bits per heavy atom. The van der Waals surface area contributed by atoms with E-state index < -0.39 is 27.8 Å². The van der Waals surface area contributed by atoms with Crippen LogP contribution in [-0.2, 0) is 26.0 Å². The maximum atomic E-state index is 13.2. The molecule has 3 N–H and O–H groups in total. The third kappa shape index (κ3) is 4.07. The molecule has 5 rings (SSSR count). The van der Waals surface area contributed by atoms with Crippen molar-refractivity contribution in [3.05, 3.63) is 89.3 Å². The largest absolute Gasteiger partial charge is 0.507 e. The minimum absolute atomic E-state index is 0.0756. The Labute approximate surface area is 201 Å². The highest BCUT2D eigenvalue weighted by molar-refractivity contribution is 7.89. The van der Waals surface area contributed by atoms with Crippen LogP contribution in [0.3, 0.4) is 0 Å². The zero-order chi connectivity index (χ0) is 24.7. The van der Waals surface area contributed by atoms with Gasteiger partial charge in [-0.1, -0.05) is 0 Å². The van der Waals surface area contributed by atoms with Gasteiger partial charge >= 0.3 is 0 Å². The summed E-state index contributed by atoms with van der Waals surface area (Å²) in [4.78, 5) is 31.5. The van der Waals surface area contributed by atoms with Crippen LogP contribution < -0.4 is 14.8 Å².